The van der Waals surface area contributed by atoms with Crippen molar-refractivity contribution < 1.29 is 46.0 Å². The molecular formula is C17H19F5N7O5P. The summed E-state index contributed by atoms with van der Waals surface area (Å²) in [7, 11) is -4.64. The Morgan fingerprint density at radius 3 is 2.49 bits per heavy atom. The molecule has 6 N–H and O–H groups in total. The second-order valence-electron chi connectivity index (χ2n) is 7.55. The summed E-state index contributed by atoms with van der Waals surface area (Å²) in [5, 5.41) is 13.4. The van der Waals surface area contributed by atoms with Gasteiger partial charge in [-0.2, -0.15) is 18.3 Å². The minimum absolute atomic E-state index is 0.0487. The van der Waals surface area contributed by atoms with Crippen LogP contribution in [0.2, 0.25) is 0 Å². The average molecular weight is 527 g/mol. The second-order valence-corrected chi connectivity index (χ2v) is 8.57. The number of hydrogen-bond acceptors (Lipinski definition) is 6. The van der Waals surface area contributed by atoms with Gasteiger partial charge < -0.3 is 29.9 Å². The Morgan fingerprint density at radius 1 is 1.20 bits per heavy atom. The number of nitrogens with zero attached hydrogens (tertiary/aromatic N) is 5. The van der Waals surface area contributed by atoms with E-state index in [1.165, 1.54) is 11.0 Å². The van der Waals surface area contributed by atoms with E-state index < -0.39 is 37.5 Å². The monoisotopic (exact) mass is 527 g/mol. The van der Waals surface area contributed by atoms with Crippen LogP contribution < -0.4 is 5.73 Å². The van der Waals surface area contributed by atoms with Crippen molar-refractivity contribution in [3.63, 3.8) is 0 Å². The van der Waals surface area contributed by atoms with Gasteiger partial charge in [-0.1, -0.05) is 0 Å². The fourth-order valence-electron chi connectivity index (χ4n) is 3.50. The van der Waals surface area contributed by atoms with Crippen LogP contribution in [0.25, 0.3) is 10.9 Å². The van der Waals surface area contributed by atoms with Gasteiger partial charge in [-0.25, -0.2) is 13.3 Å². The Morgan fingerprint density at radius 2 is 1.86 bits per heavy atom. The van der Waals surface area contributed by atoms with Crippen LogP contribution in [0.15, 0.2) is 12.1 Å². The maximum absolute atomic E-state index is 13.8. The molecule has 0 fully saturated rings. The van der Waals surface area contributed by atoms with Gasteiger partial charge in [-0.3, -0.25) is 9.89 Å². The molecule has 0 radical (unpaired) electrons. The zero-order valence-corrected chi connectivity index (χ0v) is 18.5. The Labute approximate surface area is 192 Å². The molecule has 1 amide bonds. The molecule has 0 saturated carbocycles. The molecule has 18 heteroatoms. The van der Waals surface area contributed by atoms with Crippen LogP contribution in [0.4, 0.5) is 22.0 Å². The summed E-state index contributed by atoms with van der Waals surface area (Å²) in [5.41, 5.74) is 6.34. The number of nitrogens with one attached hydrogen (secondary N) is 1. The van der Waals surface area contributed by atoms with Crippen molar-refractivity contribution in [2.75, 3.05) is 6.54 Å². The Kier molecular flexibility index (Phi) is 7.56. The van der Waals surface area contributed by atoms with Crippen LogP contribution in [0, 0.1) is 11.6 Å². The van der Waals surface area contributed by atoms with Gasteiger partial charge >= 0.3 is 14.0 Å². The molecule has 1 aliphatic rings. The smallest absolute Gasteiger partial charge is 0.333 e. The number of carbonyl (C=O) groups excluding carboxylic acids is 1. The summed E-state index contributed by atoms with van der Waals surface area (Å²) in [5.74, 6) is -3.49. The number of amides is 1. The lowest BCUT2D eigenvalue weighted by atomic mass is 10.0. The molecule has 0 spiro atoms. The highest BCUT2D eigenvalue weighted by molar-refractivity contribution is 7.45. The second kappa shape index (κ2) is 9.94. The summed E-state index contributed by atoms with van der Waals surface area (Å²) in [4.78, 5) is 35.5. The van der Waals surface area contributed by atoms with Crippen LogP contribution in [-0.4, -0.2) is 63.0 Å². The van der Waals surface area contributed by atoms with E-state index in [0.717, 1.165) is 10.6 Å². The topological polar surface area (TPSA) is 183 Å². The van der Waals surface area contributed by atoms with Crippen molar-refractivity contribution in [3.05, 3.63) is 41.1 Å². The van der Waals surface area contributed by atoms with Crippen LogP contribution in [0.3, 0.4) is 0 Å². The Balaban J connectivity index is 0.000000623. The molecular weight excluding hydrogens is 508 g/mol. The molecule has 3 heterocycles. The van der Waals surface area contributed by atoms with E-state index in [2.05, 4.69) is 20.4 Å². The van der Waals surface area contributed by atoms with E-state index in [4.69, 9.17) is 25.0 Å². The van der Waals surface area contributed by atoms with Crippen molar-refractivity contribution in [1.29, 1.82) is 0 Å². The lowest BCUT2D eigenvalue weighted by Gasteiger charge is -2.29. The molecule has 1 aliphatic heterocycles. The van der Waals surface area contributed by atoms with Gasteiger partial charge in [0.25, 0.3) is 0 Å². The predicted molar refractivity (Wildman–Crippen MR) is 107 cm³/mol. The predicted octanol–water partition coefficient (Wildman–Crippen LogP) is 0.825. The molecule has 0 bridgehead atoms. The minimum Gasteiger partial charge on any atom is -0.333 e. The normalized spacial score (nSPS) is 14.9. The van der Waals surface area contributed by atoms with E-state index in [1.807, 2.05) is 0 Å². The third-order valence-corrected chi connectivity index (χ3v) is 4.96. The van der Waals surface area contributed by atoms with Crippen LogP contribution in [0.5, 0.6) is 0 Å². The van der Waals surface area contributed by atoms with Gasteiger partial charge in [0, 0.05) is 43.1 Å². The standard InChI is InChI=1S/C17H16F5N7O.H3O4P/c18-10-2-1-9-11(24-26-15(9)14(10)19)5-8(23)6-13(30)28-3-4-29-12(7-28)25-27-16(29)17(20,21)22;1-5(2,3)4/h1-2,8H,3-7,23H2,(H,24,26);(H3,1,2,3,4)/t8-;/m0./s1. The molecule has 35 heavy (non-hydrogen) atoms. The number of aromatic amines is 1. The maximum atomic E-state index is 13.8. The Bertz CT molecular complexity index is 1270. The van der Waals surface area contributed by atoms with Crippen molar-refractivity contribution in [2.24, 2.45) is 5.73 Å². The molecule has 1 aromatic carbocycles. The van der Waals surface area contributed by atoms with E-state index in [0.29, 0.717) is 11.1 Å². The number of halogens is 5. The van der Waals surface area contributed by atoms with Crippen molar-refractivity contribution in [3.8, 4) is 0 Å². The average Bonchev–Trinajstić information content (AvgIpc) is 3.33. The number of hydrogen-bond donors (Lipinski definition) is 5. The van der Waals surface area contributed by atoms with E-state index in [1.54, 1.807) is 0 Å². The van der Waals surface area contributed by atoms with Gasteiger partial charge in [0.2, 0.25) is 11.7 Å². The number of nitrogens with two attached hydrogens (primary N) is 1. The summed E-state index contributed by atoms with van der Waals surface area (Å²) < 4.78 is 75.6. The van der Waals surface area contributed by atoms with E-state index in [9.17, 15) is 26.7 Å². The van der Waals surface area contributed by atoms with Gasteiger partial charge in [0.15, 0.2) is 17.5 Å². The lowest BCUT2D eigenvalue weighted by Crippen LogP contribution is -2.42. The van der Waals surface area contributed by atoms with Crippen LogP contribution >= 0.6 is 7.82 Å². The maximum Gasteiger partial charge on any atom is 0.466 e. The molecule has 0 unspecified atom stereocenters. The molecule has 0 aliphatic carbocycles. The number of fused-ring (bicyclic) bond motifs is 2. The zero-order valence-electron chi connectivity index (χ0n) is 17.6. The zero-order chi connectivity index (χ0) is 26.1. The number of aromatic nitrogens is 5. The number of phosphoric acid groups is 1. The fraction of sp³-hybridized carbons (Fsp3) is 0.412. The third kappa shape index (κ3) is 6.58. The molecule has 1 atom stereocenters. The molecule has 12 nitrogen and oxygen atoms in total. The van der Waals surface area contributed by atoms with Gasteiger partial charge in [0.05, 0.1) is 6.54 Å². The van der Waals surface area contributed by atoms with Gasteiger partial charge in [0.1, 0.15) is 5.52 Å². The van der Waals surface area contributed by atoms with Gasteiger partial charge in [-0.15, -0.1) is 10.2 Å². The quantitative estimate of drug-likeness (QED) is 0.242. The van der Waals surface area contributed by atoms with Crippen molar-refractivity contribution >= 4 is 24.6 Å². The van der Waals surface area contributed by atoms with Crippen molar-refractivity contribution in [2.45, 2.75) is 38.1 Å². The number of alkyl halides is 3. The third-order valence-electron chi connectivity index (χ3n) is 4.96. The molecule has 4 rings (SSSR count). The highest BCUT2D eigenvalue weighted by Crippen LogP contribution is 2.29. The van der Waals surface area contributed by atoms with Crippen LogP contribution in [0.1, 0.15) is 23.8 Å². The summed E-state index contributed by atoms with van der Waals surface area (Å²) >= 11 is 0. The summed E-state index contributed by atoms with van der Waals surface area (Å²) in [6.07, 6.45) is -4.56. The van der Waals surface area contributed by atoms with E-state index >= 15 is 0 Å². The van der Waals surface area contributed by atoms with E-state index in [-0.39, 0.29) is 49.7 Å². The number of carbonyl (C=O) groups is 1. The summed E-state index contributed by atoms with van der Waals surface area (Å²) in [6, 6.07) is 1.68. The first-order chi connectivity index (χ1) is 16.1. The van der Waals surface area contributed by atoms with Crippen molar-refractivity contribution in [1.82, 2.24) is 29.9 Å². The largest absolute Gasteiger partial charge is 0.466 e. The summed E-state index contributed by atoms with van der Waals surface area (Å²) in [6.45, 7) is -0.114. The fourth-order valence-corrected chi connectivity index (χ4v) is 3.50. The van der Waals surface area contributed by atoms with Crippen LogP contribution in [-0.2, 0) is 35.0 Å². The van der Waals surface area contributed by atoms with Gasteiger partial charge in [-0.05, 0) is 12.1 Å². The first-order valence-corrected chi connectivity index (χ1v) is 11.3. The SMILES string of the molecule is N[C@H](CC(=O)N1CCn2c(nnc2C(F)(F)F)C1)Cc1[nH]nc2c(F)c(F)ccc12.O=P(O)(O)O. The first-order valence-electron chi connectivity index (χ1n) is 9.77. The first kappa shape index (κ1) is 26.6. The Hall–Kier alpha value is -2.98. The minimum atomic E-state index is -4.64. The number of rotatable bonds is 4. The molecule has 0 saturated heterocycles. The molecule has 192 valence electrons. The number of H-pyrrole nitrogens is 1. The highest BCUT2D eigenvalue weighted by Gasteiger charge is 2.40. The number of benzene rings is 1. The molecule has 2 aromatic heterocycles. The lowest BCUT2D eigenvalue weighted by molar-refractivity contribution is -0.148. The molecule has 3 aromatic rings. The highest BCUT2D eigenvalue weighted by atomic mass is 31.2.